The smallest absolute Gasteiger partial charge is 0.287 e. The second kappa shape index (κ2) is 7.76. The van der Waals surface area contributed by atoms with Crippen molar-refractivity contribution in [3.8, 4) is 11.4 Å². The molecular weight excluding hydrogens is 430 g/mol. The number of sulfonamides is 1. The van der Waals surface area contributed by atoms with Gasteiger partial charge in [0.1, 0.15) is 22.3 Å². The highest BCUT2D eigenvalue weighted by Crippen LogP contribution is 2.26. The molecule has 0 saturated carbocycles. The first-order valence-electron chi connectivity index (χ1n) is 7.92. The Morgan fingerprint density at radius 2 is 1.93 bits per heavy atom. The number of aromatic nitrogens is 3. The van der Waals surface area contributed by atoms with Gasteiger partial charge in [-0.3, -0.25) is 4.79 Å². The summed E-state index contributed by atoms with van der Waals surface area (Å²) in [7, 11) is -3.13. The highest BCUT2D eigenvalue weighted by molar-refractivity contribution is 7.90. The van der Waals surface area contributed by atoms with Crippen LogP contribution in [0, 0.1) is 18.6 Å². The highest BCUT2D eigenvalue weighted by Gasteiger charge is 2.26. The lowest BCUT2D eigenvalue weighted by atomic mass is 10.2. The second-order valence-electron chi connectivity index (χ2n) is 5.76. The third kappa shape index (κ3) is 4.05. The number of amides is 1. The van der Waals surface area contributed by atoms with Crippen molar-refractivity contribution in [2.24, 2.45) is 0 Å². The van der Waals surface area contributed by atoms with Crippen LogP contribution in [-0.4, -0.2) is 36.4 Å². The molecule has 0 atom stereocenters. The highest BCUT2D eigenvalue weighted by atomic mass is 35.5. The lowest BCUT2D eigenvalue weighted by Crippen LogP contribution is -2.32. The van der Waals surface area contributed by atoms with Gasteiger partial charge in [-0.15, -0.1) is 5.10 Å². The topological polar surface area (TPSA) is 103 Å². The van der Waals surface area contributed by atoms with Crippen LogP contribution in [0.1, 0.15) is 16.2 Å². The molecule has 0 unspecified atom stereocenters. The molecular formula is C17H13ClF2N4O4S. The van der Waals surface area contributed by atoms with Gasteiger partial charge >= 0.3 is 0 Å². The lowest BCUT2D eigenvalue weighted by molar-refractivity contribution is 0.0976. The Bertz CT molecular complexity index is 1210. The van der Waals surface area contributed by atoms with E-state index in [1.165, 1.54) is 24.8 Å². The summed E-state index contributed by atoms with van der Waals surface area (Å²) in [5.41, 5.74) is 0.247. The summed E-state index contributed by atoms with van der Waals surface area (Å²) >= 11 is 6.18. The van der Waals surface area contributed by atoms with Crippen molar-refractivity contribution in [1.29, 1.82) is 0 Å². The summed E-state index contributed by atoms with van der Waals surface area (Å²) in [5.74, 6) is -2.93. The number of nitrogens with one attached hydrogen (secondary N) is 1. The van der Waals surface area contributed by atoms with Crippen molar-refractivity contribution in [1.82, 2.24) is 19.7 Å². The number of carbonyl (C=O) groups excluding carboxylic acids is 1. The van der Waals surface area contributed by atoms with Gasteiger partial charge in [-0.1, -0.05) is 16.8 Å². The Hall–Kier alpha value is -3.05. The third-order valence-electron chi connectivity index (χ3n) is 3.90. The van der Waals surface area contributed by atoms with Crippen molar-refractivity contribution < 1.29 is 26.7 Å². The molecule has 0 aliphatic carbocycles. The van der Waals surface area contributed by atoms with Gasteiger partial charge in [-0.25, -0.2) is 26.6 Å². The molecule has 0 radical (unpaired) electrons. The number of methoxy groups -OCH3 is 1. The van der Waals surface area contributed by atoms with Gasteiger partial charge in [0.2, 0.25) is 0 Å². The molecule has 1 aromatic heterocycles. The summed E-state index contributed by atoms with van der Waals surface area (Å²) in [5, 5.41) is 7.76. The average Bonchev–Trinajstić information content (AvgIpc) is 3.02. The molecule has 0 spiro atoms. The van der Waals surface area contributed by atoms with E-state index < -0.39 is 32.5 Å². The molecule has 0 saturated heterocycles. The zero-order valence-electron chi connectivity index (χ0n) is 15.0. The van der Waals surface area contributed by atoms with Crippen LogP contribution in [0.3, 0.4) is 0 Å². The summed E-state index contributed by atoms with van der Waals surface area (Å²) < 4.78 is 59.3. The van der Waals surface area contributed by atoms with Gasteiger partial charge in [-0.05, 0) is 31.2 Å². The van der Waals surface area contributed by atoms with Gasteiger partial charge in [0.25, 0.3) is 15.9 Å². The monoisotopic (exact) mass is 442 g/mol. The number of nitrogens with zero attached hydrogens (tertiary/aromatic N) is 3. The number of carbonyl (C=O) groups is 1. The molecule has 3 rings (SSSR count). The van der Waals surface area contributed by atoms with Crippen molar-refractivity contribution in [2.75, 3.05) is 7.11 Å². The van der Waals surface area contributed by atoms with Gasteiger partial charge in [0.15, 0.2) is 5.69 Å². The number of ether oxygens (including phenoxy) is 1. The van der Waals surface area contributed by atoms with Gasteiger partial charge in [0.05, 0.1) is 23.5 Å². The van der Waals surface area contributed by atoms with Crippen LogP contribution in [0.25, 0.3) is 5.69 Å². The maximum Gasteiger partial charge on any atom is 0.287 e. The van der Waals surface area contributed by atoms with E-state index >= 15 is 0 Å². The summed E-state index contributed by atoms with van der Waals surface area (Å²) in [4.78, 5) is 11.5. The molecule has 0 bridgehead atoms. The molecule has 8 nitrogen and oxygen atoms in total. The average molecular weight is 443 g/mol. The zero-order valence-corrected chi connectivity index (χ0v) is 16.6. The normalized spacial score (nSPS) is 11.3. The number of halogens is 3. The third-order valence-corrected chi connectivity index (χ3v) is 5.57. The van der Waals surface area contributed by atoms with E-state index in [9.17, 15) is 22.0 Å². The van der Waals surface area contributed by atoms with E-state index in [1.807, 2.05) is 0 Å². The fourth-order valence-corrected chi connectivity index (χ4v) is 3.74. The first-order chi connectivity index (χ1) is 13.6. The molecule has 29 heavy (non-hydrogen) atoms. The minimum Gasteiger partial charge on any atom is -0.497 e. The van der Waals surface area contributed by atoms with E-state index in [0.717, 1.165) is 6.07 Å². The molecule has 1 N–H and O–H groups in total. The molecule has 3 aromatic rings. The van der Waals surface area contributed by atoms with Crippen molar-refractivity contribution >= 4 is 27.5 Å². The summed E-state index contributed by atoms with van der Waals surface area (Å²) in [6, 6.07) is 6.58. The standard InChI is InChI=1S/C17H13ClF2N4O4S/c1-9-16(21-23-24(9)14-5-4-11(28-2)8-12(14)18)17(25)22-29(26,27)15-6-3-10(19)7-13(15)20/h3-8H,1-2H3,(H,22,25). The number of hydrogen-bond donors (Lipinski definition) is 1. The lowest BCUT2D eigenvalue weighted by Gasteiger charge is -2.09. The molecule has 12 heteroatoms. The Balaban J connectivity index is 1.91. The van der Waals surface area contributed by atoms with Crippen LogP contribution >= 0.6 is 11.6 Å². The predicted octanol–water partition coefficient (Wildman–Crippen LogP) is 2.63. The van der Waals surface area contributed by atoms with E-state index in [-0.39, 0.29) is 16.4 Å². The quantitative estimate of drug-likeness (QED) is 0.651. The predicted molar refractivity (Wildman–Crippen MR) is 98.7 cm³/mol. The fraction of sp³-hybridized carbons (Fsp3) is 0.118. The summed E-state index contributed by atoms with van der Waals surface area (Å²) in [6.07, 6.45) is 0. The first-order valence-corrected chi connectivity index (χ1v) is 9.78. The molecule has 152 valence electrons. The molecule has 2 aromatic carbocycles. The van der Waals surface area contributed by atoms with Crippen molar-refractivity contribution in [3.63, 3.8) is 0 Å². The molecule has 1 amide bonds. The minimum absolute atomic E-state index is 0.185. The summed E-state index contributed by atoms with van der Waals surface area (Å²) in [6.45, 7) is 1.47. The Morgan fingerprint density at radius 3 is 2.55 bits per heavy atom. The van der Waals surface area contributed by atoms with E-state index in [4.69, 9.17) is 16.3 Å². The van der Waals surface area contributed by atoms with Gasteiger partial charge in [0, 0.05) is 12.1 Å². The Morgan fingerprint density at radius 1 is 1.21 bits per heavy atom. The SMILES string of the molecule is COc1ccc(-n2nnc(C(=O)NS(=O)(=O)c3ccc(F)cc3F)c2C)c(Cl)c1. The van der Waals surface area contributed by atoms with Gasteiger partial charge in [-0.2, -0.15) is 0 Å². The molecule has 0 aliphatic heterocycles. The largest absolute Gasteiger partial charge is 0.497 e. The Kier molecular flexibility index (Phi) is 5.53. The molecule has 0 fully saturated rings. The maximum atomic E-state index is 13.8. The minimum atomic E-state index is -4.61. The number of rotatable bonds is 5. The van der Waals surface area contributed by atoms with Crippen LogP contribution in [0.4, 0.5) is 8.78 Å². The first kappa shape index (κ1) is 20.7. The van der Waals surface area contributed by atoms with E-state index in [1.54, 1.807) is 16.9 Å². The van der Waals surface area contributed by atoms with Crippen LogP contribution in [0.2, 0.25) is 5.02 Å². The van der Waals surface area contributed by atoms with Crippen molar-refractivity contribution in [2.45, 2.75) is 11.8 Å². The van der Waals surface area contributed by atoms with Gasteiger partial charge < -0.3 is 4.74 Å². The van der Waals surface area contributed by atoms with E-state index in [0.29, 0.717) is 23.6 Å². The van der Waals surface area contributed by atoms with Crippen LogP contribution in [0.5, 0.6) is 5.75 Å². The van der Waals surface area contributed by atoms with Crippen LogP contribution in [0.15, 0.2) is 41.3 Å². The second-order valence-corrected chi connectivity index (χ2v) is 7.82. The fourth-order valence-electron chi connectivity index (χ4n) is 2.47. The number of benzene rings is 2. The molecule has 1 heterocycles. The van der Waals surface area contributed by atoms with Crippen LogP contribution in [-0.2, 0) is 10.0 Å². The van der Waals surface area contributed by atoms with E-state index in [2.05, 4.69) is 10.3 Å². The maximum absolute atomic E-state index is 13.8. The van der Waals surface area contributed by atoms with Crippen molar-refractivity contribution in [3.05, 3.63) is 64.4 Å². The number of hydrogen-bond acceptors (Lipinski definition) is 6. The van der Waals surface area contributed by atoms with Crippen LogP contribution < -0.4 is 9.46 Å². The molecule has 0 aliphatic rings. The Labute approximate surface area is 169 Å². The zero-order chi connectivity index (χ0) is 21.3.